The van der Waals surface area contributed by atoms with Gasteiger partial charge in [-0.1, -0.05) is 12.1 Å². The second-order valence-corrected chi connectivity index (χ2v) is 8.55. The van der Waals surface area contributed by atoms with E-state index in [1.165, 1.54) is 12.3 Å². The highest BCUT2D eigenvalue weighted by atomic mass is 32.2. The van der Waals surface area contributed by atoms with Crippen molar-refractivity contribution in [2.24, 2.45) is 0 Å². The molecule has 1 aliphatic heterocycles. The van der Waals surface area contributed by atoms with Crippen molar-refractivity contribution >= 4 is 15.8 Å². The second-order valence-electron chi connectivity index (χ2n) is 6.77. The predicted octanol–water partition coefficient (Wildman–Crippen LogP) is 2.42. The second kappa shape index (κ2) is 7.28. The maximum Gasteiger partial charge on any atom is 0.208 e. The summed E-state index contributed by atoms with van der Waals surface area (Å²) in [4.78, 5) is 11.1. The minimum Gasteiger partial charge on any atom is -0.356 e. The van der Waals surface area contributed by atoms with E-state index >= 15 is 0 Å². The molecule has 1 fully saturated rings. The molecular weight excluding hydrogens is 355 g/mol. The van der Waals surface area contributed by atoms with Crippen molar-refractivity contribution in [2.45, 2.75) is 32.7 Å². The number of sulfonamides is 1. The van der Waals surface area contributed by atoms with Crippen LogP contribution in [-0.2, 0) is 10.0 Å². The molecule has 0 aliphatic carbocycles. The number of anilines is 1. The Morgan fingerprint density at radius 1 is 1.15 bits per heavy atom. The SMILES string of the molecule is Cc1nc(-c2ccc(C)c(F)c2)cc(N2CCC(NS(C)(=O)=O)CC2)n1. The van der Waals surface area contributed by atoms with E-state index in [9.17, 15) is 12.8 Å². The van der Waals surface area contributed by atoms with Gasteiger partial charge in [0.1, 0.15) is 17.5 Å². The van der Waals surface area contributed by atoms with E-state index in [2.05, 4.69) is 19.6 Å². The number of rotatable bonds is 4. The Morgan fingerprint density at radius 3 is 2.46 bits per heavy atom. The molecule has 0 atom stereocenters. The lowest BCUT2D eigenvalue weighted by Crippen LogP contribution is -2.44. The fourth-order valence-electron chi connectivity index (χ4n) is 3.14. The van der Waals surface area contributed by atoms with Crippen LogP contribution in [0.2, 0.25) is 0 Å². The van der Waals surface area contributed by atoms with Gasteiger partial charge in [-0.25, -0.2) is 27.5 Å². The number of benzene rings is 1. The van der Waals surface area contributed by atoms with E-state index in [1.54, 1.807) is 13.0 Å². The zero-order chi connectivity index (χ0) is 18.9. The van der Waals surface area contributed by atoms with Crippen LogP contribution in [0.15, 0.2) is 24.3 Å². The first-order chi connectivity index (χ1) is 12.2. The van der Waals surface area contributed by atoms with Crippen LogP contribution in [0.1, 0.15) is 24.2 Å². The third-order valence-electron chi connectivity index (χ3n) is 4.49. The molecule has 0 radical (unpaired) electrons. The smallest absolute Gasteiger partial charge is 0.208 e. The highest BCUT2D eigenvalue weighted by Gasteiger charge is 2.23. The number of nitrogens with one attached hydrogen (secondary N) is 1. The third-order valence-corrected chi connectivity index (χ3v) is 5.25. The summed E-state index contributed by atoms with van der Waals surface area (Å²) >= 11 is 0. The minimum atomic E-state index is -3.19. The van der Waals surface area contributed by atoms with Crippen molar-refractivity contribution < 1.29 is 12.8 Å². The van der Waals surface area contributed by atoms with Gasteiger partial charge in [0.25, 0.3) is 0 Å². The summed E-state index contributed by atoms with van der Waals surface area (Å²) in [5, 5.41) is 0. The molecule has 3 rings (SSSR count). The highest BCUT2D eigenvalue weighted by Crippen LogP contribution is 2.25. The number of aryl methyl sites for hydroxylation is 2. The van der Waals surface area contributed by atoms with Gasteiger partial charge < -0.3 is 4.90 Å². The van der Waals surface area contributed by atoms with E-state index in [0.29, 0.717) is 48.6 Å². The first-order valence-corrected chi connectivity index (χ1v) is 10.4. The molecule has 6 nitrogen and oxygen atoms in total. The average Bonchev–Trinajstić information content (AvgIpc) is 2.56. The Balaban J connectivity index is 1.79. The Morgan fingerprint density at radius 2 is 1.85 bits per heavy atom. The standard InChI is InChI=1S/C18H23FN4O2S/c1-12-4-5-14(10-16(12)19)17-11-18(21-13(2)20-17)23-8-6-15(7-9-23)22-26(3,24)25/h4-5,10-11,15,22H,6-9H2,1-3H3. The number of halogens is 1. The molecule has 26 heavy (non-hydrogen) atoms. The van der Waals surface area contributed by atoms with Gasteiger partial charge in [-0.15, -0.1) is 0 Å². The summed E-state index contributed by atoms with van der Waals surface area (Å²) in [5.74, 6) is 1.15. The summed E-state index contributed by atoms with van der Waals surface area (Å²) in [5.41, 5.74) is 2.00. The van der Waals surface area contributed by atoms with Crippen LogP contribution in [-0.4, -0.2) is 43.8 Å². The maximum atomic E-state index is 13.9. The van der Waals surface area contributed by atoms with Gasteiger partial charge in [0.2, 0.25) is 10.0 Å². The fourth-order valence-corrected chi connectivity index (χ4v) is 3.98. The summed E-state index contributed by atoms with van der Waals surface area (Å²) in [7, 11) is -3.19. The van der Waals surface area contributed by atoms with Crippen molar-refractivity contribution in [1.29, 1.82) is 0 Å². The summed E-state index contributed by atoms with van der Waals surface area (Å²) in [6.45, 7) is 4.94. The van der Waals surface area contributed by atoms with Crippen LogP contribution < -0.4 is 9.62 Å². The minimum absolute atomic E-state index is 0.0464. The molecule has 140 valence electrons. The van der Waals surface area contributed by atoms with E-state index < -0.39 is 10.0 Å². The molecular formula is C18H23FN4O2S. The average molecular weight is 378 g/mol. The third kappa shape index (κ3) is 4.56. The molecule has 2 aromatic rings. The Kier molecular flexibility index (Phi) is 5.24. The first kappa shape index (κ1) is 18.7. The molecule has 0 bridgehead atoms. The lowest BCUT2D eigenvalue weighted by atomic mass is 10.1. The van der Waals surface area contributed by atoms with Gasteiger partial charge in [-0.3, -0.25) is 0 Å². The largest absolute Gasteiger partial charge is 0.356 e. The molecule has 0 unspecified atom stereocenters. The van der Waals surface area contributed by atoms with Crippen LogP contribution in [0.25, 0.3) is 11.3 Å². The van der Waals surface area contributed by atoms with Crippen molar-refractivity contribution in [1.82, 2.24) is 14.7 Å². The first-order valence-electron chi connectivity index (χ1n) is 8.56. The van der Waals surface area contributed by atoms with E-state index in [4.69, 9.17) is 0 Å². The normalized spacial score (nSPS) is 16.1. The highest BCUT2D eigenvalue weighted by molar-refractivity contribution is 7.88. The van der Waals surface area contributed by atoms with Gasteiger partial charge >= 0.3 is 0 Å². The predicted molar refractivity (Wildman–Crippen MR) is 100 cm³/mol. The van der Waals surface area contributed by atoms with Gasteiger partial charge in [0, 0.05) is 30.8 Å². The molecule has 1 aromatic heterocycles. The van der Waals surface area contributed by atoms with E-state index in [-0.39, 0.29) is 11.9 Å². The molecule has 1 saturated heterocycles. The summed E-state index contributed by atoms with van der Waals surface area (Å²) < 4.78 is 39.3. The molecule has 0 amide bonds. The zero-order valence-electron chi connectivity index (χ0n) is 15.2. The van der Waals surface area contributed by atoms with Crippen molar-refractivity contribution in [3.05, 3.63) is 41.5 Å². The van der Waals surface area contributed by atoms with E-state index in [0.717, 1.165) is 5.82 Å². The molecule has 0 spiro atoms. The van der Waals surface area contributed by atoms with Crippen molar-refractivity contribution in [2.75, 3.05) is 24.2 Å². The topological polar surface area (TPSA) is 75.2 Å². The lowest BCUT2D eigenvalue weighted by molar-refractivity contribution is 0.460. The van der Waals surface area contributed by atoms with Gasteiger partial charge in [-0.05, 0) is 38.3 Å². The van der Waals surface area contributed by atoms with Crippen LogP contribution >= 0.6 is 0 Å². The van der Waals surface area contributed by atoms with Crippen LogP contribution in [0.5, 0.6) is 0 Å². The molecule has 0 saturated carbocycles. The molecule has 1 N–H and O–H groups in total. The quantitative estimate of drug-likeness (QED) is 0.884. The summed E-state index contributed by atoms with van der Waals surface area (Å²) in [6, 6.07) is 6.90. The Labute approximate surface area is 153 Å². The van der Waals surface area contributed by atoms with Crippen molar-refractivity contribution in [3.8, 4) is 11.3 Å². The molecule has 2 heterocycles. The zero-order valence-corrected chi connectivity index (χ0v) is 16.0. The number of hydrogen-bond donors (Lipinski definition) is 1. The van der Waals surface area contributed by atoms with Gasteiger partial charge in [-0.2, -0.15) is 0 Å². The van der Waals surface area contributed by atoms with Crippen LogP contribution in [0, 0.1) is 19.7 Å². The van der Waals surface area contributed by atoms with Crippen LogP contribution in [0.4, 0.5) is 10.2 Å². The number of nitrogens with zero attached hydrogens (tertiary/aromatic N) is 3. The monoisotopic (exact) mass is 378 g/mol. The molecule has 1 aliphatic rings. The van der Waals surface area contributed by atoms with Crippen molar-refractivity contribution in [3.63, 3.8) is 0 Å². The molecule has 8 heteroatoms. The lowest BCUT2D eigenvalue weighted by Gasteiger charge is -2.33. The number of hydrogen-bond acceptors (Lipinski definition) is 5. The van der Waals surface area contributed by atoms with E-state index in [1.807, 2.05) is 19.1 Å². The van der Waals surface area contributed by atoms with Gasteiger partial charge in [0.15, 0.2) is 0 Å². The maximum absolute atomic E-state index is 13.9. The van der Waals surface area contributed by atoms with Crippen LogP contribution in [0.3, 0.4) is 0 Å². The van der Waals surface area contributed by atoms with Gasteiger partial charge in [0.05, 0.1) is 11.9 Å². The Bertz CT molecular complexity index is 909. The molecule has 1 aromatic carbocycles. The summed E-state index contributed by atoms with van der Waals surface area (Å²) in [6.07, 6.45) is 2.61. The number of piperidine rings is 1. The Hall–Kier alpha value is -2.06. The fraction of sp³-hybridized carbons (Fsp3) is 0.444. The number of aromatic nitrogens is 2.